The van der Waals surface area contributed by atoms with Crippen LogP contribution < -0.4 is 5.32 Å². The fourth-order valence-electron chi connectivity index (χ4n) is 3.41. The first-order valence-corrected chi connectivity index (χ1v) is 7.02. The molecule has 4 heteroatoms. The average Bonchev–Trinajstić information content (AvgIpc) is 2.99. The quantitative estimate of drug-likeness (QED) is 0.783. The molecule has 3 saturated heterocycles. The molecule has 1 N–H and O–H groups in total. The van der Waals surface area contributed by atoms with Crippen molar-refractivity contribution in [3.8, 4) is 0 Å². The number of piperidine rings is 1. The predicted molar refractivity (Wildman–Crippen MR) is 64.4 cm³/mol. The van der Waals surface area contributed by atoms with E-state index in [2.05, 4.69) is 5.32 Å². The third kappa shape index (κ3) is 2.20. The van der Waals surface area contributed by atoms with E-state index >= 15 is 0 Å². The van der Waals surface area contributed by atoms with E-state index in [4.69, 9.17) is 4.74 Å². The van der Waals surface area contributed by atoms with E-state index in [-0.39, 0.29) is 12.1 Å². The fraction of sp³-hybridized carbons (Fsp3) is 0.923. The number of rotatable bonds is 2. The van der Waals surface area contributed by atoms with Crippen LogP contribution in [0.1, 0.15) is 38.5 Å². The van der Waals surface area contributed by atoms with Crippen LogP contribution in [0.2, 0.25) is 0 Å². The second kappa shape index (κ2) is 4.94. The van der Waals surface area contributed by atoms with Gasteiger partial charge in [0.2, 0.25) is 5.91 Å². The van der Waals surface area contributed by atoms with Crippen LogP contribution in [0.3, 0.4) is 0 Å². The van der Waals surface area contributed by atoms with Crippen LogP contribution in [0, 0.1) is 5.92 Å². The van der Waals surface area contributed by atoms with E-state index in [1.54, 1.807) is 0 Å². The molecule has 0 radical (unpaired) electrons. The van der Waals surface area contributed by atoms with E-state index in [1.165, 1.54) is 12.8 Å². The molecule has 3 unspecified atom stereocenters. The van der Waals surface area contributed by atoms with E-state index < -0.39 is 0 Å². The topological polar surface area (TPSA) is 41.6 Å². The first-order valence-electron chi connectivity index (χ1n) is 7.02. The molecule has 3 atom stereocenters. The van der Waals surface area contributed by atoms with Crippen LogP contribution in [-0.4, -0.2) is 42.8 Å². The summed E-state index contributed by atoms with van der Waals surface area (Å²) in [5.41, 5.74) is 0. The van der Waals surface area contributed by atoms with E-state index in [0.29, 0.717) is 11.9 Å². The molecule has 1 amide bonds. The van der Waals surface area contributed by atoms with Gasteiger partial charge in [-0.05, 0) is 38.6 Å². The Morgan fingerprint density at radius 1 is 1.18 bits per heavy atom. The minimum atomic E-state index is 0.0797. The number of hydrogen-bond donors (Lipinski definition) is 1. The summed E-state index contributed by atoms with van der Waals surface area (Å²) >= 11 is 0. The summed E-state index contributed by atoms with van der Waals surface area (Å²) in [5, 5.41) is 3.51. The zero-order chi connectivity index (χ0) is 11.7. The van der Waals surface area contributed by atoms with Crippen molar-refractivity contribution in [2.75, 3.05) is 19.7 Å². The van der Waals surface area contributed by atoms with Crippen LogP contribution in [0.15, 0.2) is 0 Å². The summed E-state index contributed by atoms with van der Waals surface area (Å²) in [6, 6.07) is 0.419. The number of amides is 1. The molecule has 3 heterocycles. The molecule has 0 bridgehead atoms. The third-order valence-corrected chi connectivity index (χ3v) is 4.37. The lowest BCUT2D eigenvalue weighted by Crippen LogP contribution is -2.45. The van der Waals surface area contributed by atoms with Gasteiger partial charge >= 0.3 is 0 Å². The Bertz CT molecular complexity index is 283. The molecule has 3 rings (SSSR count). The molecule has 17 heavy (non-hydrogen) atoms. The summed E-state index contributed by atoms with van der Waals surface area (Å²) in [6.45, 7) is 2.79. The molecule has 3 fully saturated rings. The van der Waals surface area contributed by atoms with Gasteiger partial charge in [-0.3, -0.25) is 4.79 Å². The molecule has 0 aromatic carbocycles. The minimum Gasteiger partial charge on any atom is -0.358 e. The van der Waals surface area contributed by atoms with Crippen LogP contribution in [-0.2, 0) is 9.53 Å². The number of carbonyl (C=O) groups excluding carboxylic acids is 1. The lowest BCUT2D eigenvalue weighted by atomic mass is 9.91. The number of carbonyl (C=O) groups is 1. The number of ether oxygens (including phenoxy) is 1. The number of likely N-dealkylation sites (tertiary alicyclic amines) is 1. The molecule has 0 spiro atoms. The Morgan fingerprint density at radius 3 is 2.82 bits per heavy atom. The largest absolute Gasteiger partial charge is 0.358 e. The van der Waals surface area contributed by atoms with Crippen LogP contribution in [0.25, 0.3) is 0 Å². The van der Waals surface area contributed by atoms with Crippen molar-refractivity contribution in [1.82, 2.24) is 10.2 Å². The fourth-order valence-corrected chi connectivity index (χ4v) is 3.41. The molecule has 0 saturated carbocycles. The highest BCUT2D eigenvalue weighted by molar-refractivity contribution is 5.81. The number of hydrogen-bond acceptors (Lipinski definition) is 3. The molecule has 4 nitrogen and oxygen atoms in total. The van der Waals surface area contributed by atoms with Crippen molar-refractivity contribution < 1.29 is 9.53 Å². The van der Waals surface area contributed by atoms with E-state index in [1.807, 2.05) is 4.90 Å². The van der Waals surface area contributed by atoms with Gasteiger partial charge in [0.25, 0.3) is 0 Å². The Kier molecular flexibility index (Phi) is 3.34. The predicted octanol–water partition coefficient (Wildman–Crippen LogP) is 1.11. The van der Waals surface area contributed by atoms with Crippen LogP contribution in [0.5, 0.6) is 0 Å². The summed E-state index contributed by atoms with van der Waals surface area (Å²) in [5.74, 6) is 0.538. The van der Waals surface area contributed by atoms with Crippen molar-refractivity contribution in [3.63, 3.8) is 0 Å². The zero-order valence-electron chi connectivity index (χ0n) is 10.4. The highest BCUT2D eigenvalue weighted by atomic mass is 16.5. The summed E-state index contributed by atoms with van der Waals surface area (Å²) in [7, 11) is 0. The average molecular weight is 238 g/mol. The second-order valence-corrected chi connectivity index (χ2v) is 5.45. The third-order valence-electron chi connectivity index (χ3n) is 4.37. The Hall–Kier alpha value is -0.610. The molecule has 0 aromatic heterocycles. The SMILES string of the molecule is O=C1C(C2CCCCN2)CCN1C1CCCO1. The van der Waals surface area contributed by atoms with Crippen molar-refractivity contribution in [3.05, 3.63) is 0 Å². The summed E-state index contributed by atoms with van der Waals surface area (Å²) in [4.78, 5) is 14.4. The van der Waals surface area contributed by atoms with Crippen molar-refractivity contribution in [1.29, 1.82) is 0 Å². The molecule has 96 valence electrons. The Labute approximate surface area is 103 Å². The Balaban J connectivity index is 1.62. The molecule has 3 aliphatic rings. The maximum atomic E-state index is 12.4. The maximum Gasteiger partial charge on any atom is 0.229 e. The maximum absolute atomic E-state index is 12.4. The Morgan fingerprint density at radius 2 is 2.12 bits per heavy atom. The van der Waals surface area contributed by atoms with Gasteiger partial charge in [0.15, 0.2) is 0 Å². The zero-order valence-corrected chi connectivity index (χ0v) is 10.4. The van der Waals surface area contributed by atoms with Crippen molar-refractivity contribution >= 4 is 5.91 Å². The molecule has 0 aromatic rings. The van der Waals surface area contributed by atoms with Gasteiger partial charge in [0.05, 0.1) is 5.92 Å². The first-order chi connectivity index (χ1) is 8.36. The minimum absolute atomic E-state index is 0.0797. The highest BCUT2D eigenvalue weighted by Gasteiger charge is 2.41. The molecular weight excluding hydrogens is 216 g/mol. The number of nitrogens with one attached hydrogen (secondary N) is 1. The summed E-state index contributed by atoms with van der Waals surface area (Å²) in [6.07, 6.45) is 6.90. The van der Waals surface area contributed by atoms with Gasteiger partial charge in [-0.1, -0.05) is 6.42 Å². The van der Waals surface area contributed by atoms with E-state index in [9.17, 15) is 4.79 Å². The lowest BCUT2D eigenvalue weighted by molar-refractivity contribution is -0.141. The van der Waals surface area contributed by atoms with Crippen LogP contribution >= 0.6 is 0 Å². The van der Waals surface area contributed by atoms with Crippen LogP contribution in [0.4, 0.5) is 0 Å². The van der Waals surface area contributed by atoms with Crippen molar-refractivity contribution in [2.24, 2.45) is 5.92 Å². The summed E-state index contributed by atoms with van der Waals surface area (Å²) < 4.78 is 5.63. The van der Waals surface area contributed by atoms with Gasteiger partial charge in [0.1, 0.15) is 6.23 Å². The lowest BCUT2D eigenvalue weighted by Gasteiger charge is -2.29. The van der Waals surface area contributed by atoms with Gasteiger partial charge in [-0.2, -0.15) is 0 Å². The highest BCUT2D eigenvalue weighted by Crippen LogP contribution is 2.30. The molecule has 3 aliphatic heterocycles. The molecule has 0 aliphatic carbocycles. The van der Waals surface area contributed by atoms with Gasteiger partial charge in [-0.25, -0.2) is 0 Å². The number of nitrogens with zero attached hydrogens (tertiary/aromatic N) is 1. The second-order valence-electron chi connectivity index (χ2n) is 5.45. The van der Waals surface area contributed by atoms with Crippen molar-refractivity contribution in [2.45, 2.75) is 50.8 Å². The standard InChI is InChI=1S/C13H22N2O2/c16-13-10(11-4-1-2-7-14-11)6-8-15(13)12-5-3-9-17-12/h10-12,14H,1-9H2. The molecular formula is C13H22N2O2. The monoisotopic (exact) mass is 238 g/mol. The smallest absolute Gasteiger partial charge is 0.229 e. The van der Waals surface area contributed by atoms with E-state index in [0.717, 1.165) is 45.4 Å². The van der Waals surface area contributed by atoms with Gasteiger partial charge in [0, 0.05) is 19.2 Å². The first kappa shape index (κ1) is 11.5. The van der Waals surface area contributed by atoms with Gasteiger partial charge < -0.3 is 15.0 Å². The normalized spacial score (nSPS) is 38.9. The van der Waals surface area contributed by atoms with Gasteiger partial charge in [-0.15, -0.1) is 0 Å².